The van der Waals surface area contributed by atoms with Gasteiger partial charge in [-0.1, -0.05) is 6.08 Å². The first-order valence-corrected chi connectivity index (χ1v) is 6.73. The number of ether oxygens (including phenoxy) is 2. The van der Waals surface area contributed by atoms with Crippen molar-refractivity contribution in [2.75, 3.05) is 40.4 Å². The number of hydrogen-bond acceptors (Lipinski definition) is 5. The smallest absolute Gasteiger partial charge is 0.131 e. The number of methoxy groups -OCH3 is 2. The van der Waals surface area contributed by atoms with Gasteiger partial charge in [-0.15, -0.1) is 6.58 Å². The maximum atomic E-state index is 9.74. The van der Waals surface area contributed by atoms with Gasteiger partial charge in [0.1, 0.15) is 17.2 Å². The van der Waals surface area contributed by atoms with Crippen LogP contribution in [0.2, 0.25) is 0 Å². The molecule has 20 heavy (non-hydrogen) atoms. The fourth-order valence-corrected chi connectivity index (χ4v) is 2.63. The summed E-state index contributed by atoms with van der Waals surface area (Å²) < 4.78 is 10.8. The third-order valence-electron chi connectivity index (χ3n) is 3.59. The van der Waals surface area contributed by atoms with E-state index in [2.05, 4.69) is 16.8 Å². The molecule has 0 aliphatic carbocycles. The topological polar surface area (TPSA) is 54.0 Å². The highest BCUT2D eigenvalue weighted by atomic mass is 16.5. The summed E-state index contributed by atoms with van der Waals surface area (Å²) in [6.07, 6.45) is 1.89. The van der Waals surface area contributed by atoms with Gasteiger partial charge in [0.25, 0.3) is 0 Å². The Balaban J connectivity index is 2.43. The number of rotatable bonds is 5. The van der Waals surface area contributed by atoms with Gasteiger partial charge in [0.05, 0.1) is 25.8 Å². The van der Waals surface area contributed by atoms with Crippen LogP contribution < -0.4 is 14.8 Å². The number of aromatic hydroxyl groups is 1. The second-order valence-electron chi connectivity index (χ2n) is 4.73. The van der Waals surface area contributed by atoms with Gasteiger partial charge in [-0.3, -0.25) is 4.90 Å². The summed E-state index contributed by atoms with van der Waals surface area (Å²) in [7, 11) is 3.19. The molecule has 0 bridgehead atoms. The van der Waals surface area contributed by atoms with E-state index in [9.17, 15) is 5.11 Å². The van der Waals surface area contributed by atoms with E-state index >= 15 is 0 Å². The molecule has 0 unspecified atom stereocenters. The van der Waals surface area contributed by atoms with Gasteiger partial charge in [-0.25, -0.2) is 0 Å². The first kappa shape index (κ1) is 14.7. The van der Waals surface area contributed by atoms with Crippen LogP contribution in [0.5, 0.6) is 17.2 Å². The van der Waals surface area contributed by atoms with Crippen LogP contribution in [0.4, 0.5) is 0 Å². The molecule has 0 spiro atoms. The van der Waals surface area contributed by atoms with Gasteiger partial charge in [0.15, 0.2) is 0 Å². The number of hydrogen-bond donors (Lipinski definition) is 2. The Bertz CT molecular complexity index is 445. The molecule has 1 aromatic rings. The highest BCUT2D eigenvalue weighted by molar-refractivity contribution is 5.53. The lowest BCUT2D eigenvalue weighted by Crippen LogP contribution is -2.44. The normalized spacial score (nSPS) is 17.5. The Hall–Kier alpha value is -1.72. The summed E-state index contributed by atoms with van der Waals surface area (Å²) >= 11 is 0. The highest BCUT2D eigenvalue weighted by Gasteiger charge is 2.26. The van der Waals surface area contributed by atoms with Crippen LogP contribution in [0.3, 0.4) is 0 Å². The zero-order valence-electron chi connectivity index (χ0n) is 12.1. The van der Waals surface area contributed by atoms with Crippen LogP contribution in [-0.4, -0.2) is 50.4 Å². The zero-order chi connectivity index (χ0) is 14.5. The molecule has 1 aliphatic heterocycles. The molecule has 110 valence electrons. The summed E-state index contributed by atoms with van der Waals surface area (Å²) in [5, 5.41) is 13.1. The fraction of sp³-hybridized carbons (Fsp3) is 0.467. The van der Waals surface area contributed by atoms with Crippen molar-refractivity contribution in [3.63, 3.8) is 0 Å². The second-order valence-corrected chi connectivity index (χ2v) is 4.73. The maximum absolute atomic E-state index is 9.74. The predicted molar refractivity (Wildman–Crippen MR) is 78.6 cm³/mol. The minimum Gasteiger partial charge on any atom is -0.508 e. The Labute approximate surface area is 119 Å². The highest BCUT2D eigenvalue weighted by Crippen LogP contribution is 2.40. The third-order valence-corrected chi connectivity index (χ3v) is 3.59. The second kappa shape index (κ2) is 6.63. The van der Waals surface area contributed by atoms with Crippen molar-refractivity contribution in [3.8, 4) is 17.2 Å². The van der Waals surface area contributed by atoms with E-state index in [0.717, 1.165) is 31.7 Å². The number of nitrogens with one attached hydrogen (secondary N) is 1. The third kappa shape index (κ3) is 2.89. The van der Waals surface area contributed by atoms with E-state index in [-0.39, 0.29) is 11.8 Å². The van der Waals surface area contributed by atoms with E-state index in [0.29, 0.717) is 11.5 Å². The lowest BCUT2D eigenvalue weighted by Gasteiger charge is -2.34. The maximum Gasteiger partial charge on any atom is 0.131 e. The molecule has 2 N–H and O–H groups in total. The number of phenols is 1. The molecule has 0 radical (unpaired) electrons. The fourth-order valence-electron chi connectivity index (χ4n) is 2.63. The Kier molecular flexibility index (Phi) is 4.87. The molecule has 0 aromatic heterocycles. The summed E-state index contributed by atoms with van der Waals surface area (Å²) in [6.45, 7) is 7.72. The molecule has 1 atom stereocenters. The number of piperazine rings is 1. The van der Waals surface area contributed by atoms with Gasteiger partial charge in [0, 0.05) is 38.3 Å². The lowest BCUT2D eigenvalue weighted by atomic mass is 10.0. The van der Waals surface area contributed by atoms with Crippen LogP contribution >= 0.6 is 0 Å². The molecule has 1 fully saturated rings. The van der Waals surface area contributed by atoms with Crippen molar-refractivity contribution in [1.82, 2.24) is 10.2 Å². The monoisotopic (exact) mass is 278 g/mol. The summed E-state index contributed by atoms with van der Waals surface area (Å²) in [5.74, 6) is 1.36. The van der Waals surface area contributed by atoms with Crippen molar-refractivity contribution in [2.24, 2.45) is 0 Å². The first-order chi connectivity index (χ1) is 9.71. The van der Waals surface area contributed by atoms with Crippen LogP contribution in [-0.2, 0) is 0 Å². The molecule has 5 nitrogen and oxygen atoms in total. The molecule has 0 saturated carbocycles. The van der Waals surface area contributed by atoms with Gasteiger partial charge in [-0.2, -0.15) is 0 Å². The summed E-state index contributed by atoms with van der Waals surface area (Å²) in [5.41, 5.74) is 0.907. The first-order valence-electron chi connectivity index (χ1n) is 6.73. The summed E-state index contributed by atoms with van der Waals surface area (Å²) in [4.78, 5) is 2.32. The molecule has 5 heteroatoms. The van der Waals surface area contributed by atoms with Gasteiger partial charge in [0.2, 0.25) is 0 Å². The van der Waals surface area contributed by atoms with Crippen molar-refractivity contribution in [2.45, 2.75) is 6.04 Å². The predicted octanol–water partition coefficient (Wildman–Crippen LogP) is 1.54. The molecule has 1 saturated heterocycles. The molecule has 2 rings (SSSR count). The van der Waals surface area contributed by atoms with Crippen molar-refractivity contribution >= 4 is 0 Å². The van der Waals surface area contributed by atoms with Crippen molar-refractivity contribution < 1.29 is 14.6 Å². The van der Waals surface area contributed by atoms with Gasteiger partial charge >= 0.3 is 0 Å². The standard InChI is InChI=1S/C15H22N2O3/c1-4-12(17-7-5-16-6-8-17)15-13(19-2)9-11(18)10-14(15)20-3/h4,9-10,12,16,18H,1,5-8H2,2-3H3/t12-/m0/s1. The van der Waals surface area contributed by atoms with E-state index in [1.165, 1.54) is 0 Å². The lowest BCUT2D eigenvalue weighted by molar-refractivity contribution is 0.197. The molecule has 1 aliphatic rings. The molecular formula is C15H22N2O3. The Morgan fingerprint density at radius 3 is 2.25 bits per heavy atom. The minimum absolute atomic E-state index is 0.00241. The van der Waals surface area contributed by atoms with Crippen LogP contribution in [0.1, 0.15) is 11.6 Å². The minimum atomic E-state index is 0.00241. The van der Waals surface area contributed by atoms with Crippen LogP contribution in [0.15, 0.2) is 24.8 Å². The Morgan fingerprint density at radius 2 is 1.80 bits per heavy atom. The van der Waals surface area contributed by atoms with Crippen molar-refractivity contribution in [3.05, 3.63) is 30.4 Å². The number of benzene rings is 1. The largest absolute Gasteiger partial charge is 0.508 e. The van der Waals surface area contributed by atoms with E-state index < -0.39 is 0 Å². The molecule has 1 heterocycles. The summed E-state index contributed by atoms with van der Waals surface area (Å²) in [6, 6.07) is 3.22. The van der Waals surface area contributed by atoms with Gasteiger partial charge in [-0.05, 0) is 0 Å². The van der Waals surface area contributed by atoms with E-state index in [1.807, 2.05) is 6.08 Å². The Morgan fingerprint density at radius 1 is 1.25 bits per heavy atom. The van der Waals surface area contributed by atoms with E-state index in [4.69, 9.17) is 9.47 Å². The average molecular weight is 278 g/mol. The average Bonchev–Trinajstić information content (AvgIpc) is 2.49. The quantitative estimate of drug-likeness (QED) is 0.800. The number of phenolic OH excluding ortho intramolecular Hbond substituents is 1. The van der Waals surface area contributed by atoms with Crippen molar-refractivity contribution in [1.29, 1.82) is 0 Å². The van der Waals surface area contributed by atoms with Crippen LogP contribution in [0, 0.1) is 0 Å². The van der Waals surface area contributed by atoms with Gasteiger partial charge < -0.3 is 19.9 Å². The van der Waals surface area contributed by atoms with E-state index in [1.54, 1.807) is 26.4 Å². The zero-order valence-corrected chi connectivity index (χ0v) is 12.1. The molecular weight excluding hydrogens is 256 g/mol. The van der Waals surface area contributed by atoms with Crippen LogP contribution in [0.25, 0.3) is 0 Å². The number of nitrogens with zero attached hydrogens (tertiary/aromatic N) is 1. The SMILES string of the molecule is C=C[C@@H](c1c(OC)cc(O)cc1OC)N1CCNCC1. The molecule has 1 aromatic carbocycles. The molecule has 0 amide bonds.